The molecule has 0 saturated heterocycles. The van der Waals surface area contributed by atoms with Gasteiger partial charge in [0.15, 0.2) is 3.95 Å². The van der Waals surface area contributed by atoms with Gasteiger partial charge in [0.2, 0.25) is 0 Å². The lowest BCUT2D eigenvalue weighted by atomic mass is 10.1. The lowest BCUT2D eigenvalue weighted by molar-refractivity contribution is 0.0956. The Labute approximate surface area is 171 Å². The summed E-state index contributed by atoms with van der Waals surface area (Å²) in [7, 11) is 0. The summed E-state index contributed by atoms with van der Waals surface area (Å²) in [6.07, 6.45) is 0. The number of thiazole rings is 1. The maximum absolute atomic E-state index is 12.7. The SMILES string of the molecule is Cc1ccc(CNC(=O)c2sc(=S)n3c2[nH]c(=O)c2cc(Br)ccc23)cc1. The van der Waals surface area contributed by atoms with E-state index in [2.05, 4.69) is 26.2 Å². The van der Waals surface area contributed by atoms with Crippen LogP contribution in [-0.4, -0.2) is 15.3 Å². The van der Waals surface area contributed by atoms with Gasteiger partial charge < -0.3 is 10.3 Å². The predicted molar refractivity (Wildman–Crippen MR) is 114 cm³/mol. The number of carbonyl (C=O) groups excluding carboxylic acids is 1. The average Bonchev–Trinajstić information content (AvgIpc) is 2.98. The molecule has 0 aliphatic carbocycles. The Morgan fingerprint density at radius 3 is 2.74 bits per heavy atom. The molecule has 5 nitrogen and oxygen atoms in total. The molecule has 0 atom stereocenters. The second-order valence-electron chi connectivity index (χ2n) is 6.16. The highest BCUT2D eigenvalue weighted by Gasteiger charge is 2.18. The molecule has 0 spiro atoms. The standard InChI is InChI=1S/C19H14BrN3O2S2/c1-10-2-4-11(5-3-10)9-21-18(25)15-16-22-17(24)13-8-12(20)6-7-14(13)23(16)19(26)27-15/h2-8H,9H2,1H3,(H,21,25)(H,22,24). The average molecular weight is 460 g/mol. The first-order valence-electron chi connectivity index (χ1n) is 8.15. The Balaban J connectivity index is 1.76. The van der Waals surface area contributed by atoms with E-state index in [-0.39, 0.29) is 11.5 Å². The van der Waals surface area contributed by atoms with Gasteiger partial charge in [0.1, 0.15) is 10.5 Å². The van der Waals surface area contributed by atoms with E-state index in [9.17, 15) is 9.59 Å². The molecular formula is C19H14BrN3O2S2. The molecule has 27 heavy (non-hydrogen) atoms. The van der Waals surface area contributed by atoms with Gasteiger partial charge in [-0.15, -0.1) is 0 Å². The third-order valence-electron chi connectivity index (χ3n) is 4.27. The summed E-state index contributed by atoms with van der Waals surface area (Å²) in [5.41, 5.74) is 3.01. The van der Waals surface area contributed by atoms with Crippen LogP contribution < -0.4 is 10.9 Å². The molecule has 4 rings (SSSR count). The lowest BCUT2D eigenvalue weighted by Gasteiger charge is -2.06. The van der Waals surface area contributed by atoms with Crippen molar-refractivity contribution < 1.29 is 4.79 Å². The fourth-order valence-corrected chi connectivity index (χ4v) is 4.55. The van der Waals surface area contributed by atoms with E-state index >= 15 is 0 Å². The van der Waals surface area contributed by atoms with E-state index in [4.69, 9.17) is 12.2 Å². The third-order valence-corrected chi connectivity index (χ3v) is 6.13. The van der Waals surface area contributed by atoms with E-state index in [1.807, 2.05) is 43.3 Å². The number of aromatic nitrogens is 2. The van der Waals surface area contributed by atoms with Gasteiger partial charge in [-0.3, -0.25) is 14.0 Å². The van der Waals surface area contributed by atoms with Crippen LogP contribution in [-0.2, 0) is 6.54 Å². The molecule has 0 saturated carbocycles. The molecule has 4 aromatic rings. The minimum absolute atomic E-state index is 0.258. The van der Waals surface area contributed by atoms with Crippen molar-refractivity contribution >= 4 is 61.9 Å². The summed E-state index contributed by atoms with van der Waals surface area (Å²) < 4.78 is 3.05. The number of rotatable bonds is 3. The molecule has 0 unspecified atom stereocenters. The fourth-order valence-electron chi connectivity index (χ4n) is 2.89. The zero-order chi connectivity index (χ0) is 19.1. The highest BCUT2D eigenvalue weighted by Crippen LogP contribution is 2.24. The van der Waals surface area contributed by atoms with Crippen molar-refractivity contribution in [3.63, 3.8) is 0 Å². The second kappa shape index (κ2) is 7.03. The predicted octanol–water partition coefficient (Wildman–Crippen LogP) is 4.57. The first-order chi connectivity index (χ1) is 12.9. The van der Waals surface area contributed by atoms with Gasteiger partial charge in [-0.2, -0.15) is 0 Å². The maximum Gasteiger partial charge on any atom is 0.265 e. The largest absolute Gasteiger partial charge is 0.347 e. The molecule has 2 aromatic carbocycles. The van der Waals surface area contributed by atoms with Gasteiger partial charge in [-0.05, 0) is 42.9 Å². The topological polar surface area (TPSA) is 66.4 Å². The number of aromatic amines is 1. The van der Waals surface area contributed by atoms with Crippen LogP contribution in [0.1, 0.15) is 20.8 Å². The van der Waals surface area contributed by atoms with Crippen molar-refractivity contribution in [1.82, 2.24) is 14.7 Å². The third kappa shape index (κ3) is 3.36. The number of halogens is 1. The molecule has 0 bridgehead atoms. The van der Waals surface area contributed by atoms with Crippen LogP contribution in [0.4, 0.5) is 0 Å². The summed E-state index contributed by atoms with van der Waals surface area (Å²) in [6, 6.07) is 13.4. The first kappa shape index (κ1) is 18.1. The molecule has 2 N–H and O–H groups in total. The zero-order valence-corrected chi connectivity index (χ0v) is 17.4. The Morgan fingerprint density at radius 1 is 1.26 bits per heavy atom. The van der Waals surface area contributed by atoms with E-state index in [1.165, 1.54) is 11.3 Å². The van der Waals surface area contributed by atoms with E-state index in [0.29, 0.717) is 31.9 Å². The Kier molecular flexibility index (Phi) is 4.71. The quantitative estimate of drug-likeness (QED) is 0.440. The number of aryl methyl sites for hydroxylation is 1. The Bertz CT molecular complexity index is 1300. The molecule has 0 aliphatic heterocycles. The van der Waals surface area contributed by atoms with Crippen molar-refractivity contribution in [1.29, 1.82) is 0 Å². The van der Waals surface area contributed by atoms with Crippen molar-refractivity contribution in [2.24, 2.45) is 0 Å². The van der Waals surface area contributed by atoms with Gasteiger partial charge in [0.05, 0.1) is 10.9 Å². The molecule has 2 heterocycles. The molecule has 0 radical (unpaired) electrons. The number of benzene rings is 2. The summed E-state index contributed by atoms with van der Waals surface area (Å²) in [5, 5.41) is 3.41. The number of H-pyrrole nitrogens is 1. The van der Waals surface area contributed by atoms with Crippen LogP contribution in [0.2, 0.25) is 0 Å². The van der Waals surface area contributed by atoms with E-state index in [0.717, 1.165) is 15.6 Å². The van der Waals surface area contributed by atoms with Gasteiger partial charge >= 0.3 is 0 Å². The van der Waals surface area contributed by atoms with Crippen LogP contribution >= 0.6 is 39.5 Å². The van der Waals surface area contributed by atoms with E-state index in [1.54, 1.807) is 10.5 Å². The molecule has 136 valence electrons. The van der Waals surface area contributed by atoms with Crippen molar-refractivity contribution in [3.05, 3.63) is 77.2 Å². The Hall–Kier alpha value is -2.29. The number of carbonyl (C=O) groups is 1. The summed E-state index contributed by atoms with van der Waals surface area (Å²) in [5.74, 6) is -0.263. The Morgan fingerprint density at radius 2 is 2.00 bits per heavy atom. The fraction of sp³-hybridized carbons (Fsp3) is 0.105. The zero-order valence-electron chi connectivity index (χ0n) is 14.2. The maximum atomic E-state index is 12.7. The van der Waals surface area contributed by atoms with Crippen molar-refractivity contribution in [2.75, 3.05) is 0 Å². The molecule has 1 amide bonds. The van der Waals surface area contributed by atoms with Gasteiger partial charge in [0.25, 0.3) is 11.5 Å². The van der Waals surface area contributed by atoms with Gasteiger partial charge in [-0.25, -0.2) is 0 Å². The lowest BCUT2D eigenvalue weighted by Crippen LogP contribution is -2.23. The highest BCUT2D eigenvalue weighted by atomic mass is 79.9. The van der Waals surface area contributed by atoms with Crippen LogP contribution in [0.25, 0.3) is 16.6 Å². The van der Waals surface area contributed by atoms with Crippen LogP contribution in [0.5, 0.6) is 0 Å². The van der Waals surface area contributed by atoms with Crippen molar-refractivity contribution in [3.8, 4) is 0 Å². The first-order valence-corrected chi connectivity index (χ1v) is 10.2. The normalized spacial score (nSPS) is 11.2. The summed E-state index contributed by atoms with van der Waals surface area (Å²) in [4.78, 5) is 28.4. The van der Waals surface area contributed by atoms with Crippen LogP contribution in [0, 0.1) is 10.9 Å². The number of fused-ring (bicyclic) bond motifs is 3. The van der Waals surface area contributed by atoms with Crippen molar-refractivity contribution in [2.45, 2.75) is 13.5 Å². The monoisotopic (exact) mass is 459 g/mol. The minimum atomic E-state index is -0.263. The second-order valence-corrected chi connectivity index (χ2v) is 8.72. The smallest absolute Gasteiger partial charge is 0.265 e. The highest BCUT2D eigenvalue weighted by molar-refractivity contribution is 9.10. The summed E-state index contributed by atoms with van der Waals surface area (Å²) >= 11 is 10.0. The van der Waals surface area contributed by atoms with Crippen LogP contribution in [0.3, 0.4) is 0 Å². The number of nitrogens with one attached hydrogen (secondary N) is 2. The number of amides is 1. The van der Waals surface area contributed by atoms with Crippen LogP contribution in [0.15, 0.2) is 51.7 Å². The molecule has 0 fully saturated rings. The molecule has 8 heteroatoms. The molecule has 0 aliphatic rings. The van der Waals surface area contributed by atoms with E-state index < -0.39 is 0 Å². The number of nitrogens with zero attached hydrogens (tertiary/aromatic N) is 1. The van der Waals surface area contributed by atoms with Gasteiger partial charge in [0, 0.05) is 11.0 Å². The van der Waals surface area contributed by atoms with Gasteiger partial charge in [-0.1, -0.05) is 57.1 Å². The summed E-state index contributed by atoms with van der Waals surface area (Å²) in [6.45, 7) is 2.42. The number of hydrogen-bond acceptors (Lipinski definition) is 4. The minimum Gasteiger partial charge on any atom is -0.347 e. The molecule has 2 aromatic heterocycles. The molecular weight excluding hydrogens is 446 g/mol. The number of hydrogen-bond donors (Lipinski definition) is 2.